The molecule has 2 aromatic carbocycles. The fourth-order valence-corrected chi connectivity index (χ4v) is 3.97. The highest BCUT2D eigenvalue weighted by Gasteiger charge is 2.25. The summed E-state index contributed by atoms with van der Waals surface area (Å²) in [5.74, 6) is 2.57. The van der Waals surface area contributed by atoms with Gasteiger partial charge in [-0.3, -0.25) is 0 Å². The van der Waals surface area contributed by atoms with E-state index >= 15 is 0 Å². The molecule has 6 heteroatoms. The third kappa shape index (κ3) is 2.87. The lowest BCUT2D eigenvalue weighted by Gasteiger charge is -2.15. The molecule has 0 amide bonds. The molecule has 0 fully saturated rings. The molecule has 5 nitrogen and oxygen atoms in total. The van der Waals surface area contributed by atoms with E-state index in [0.29, 0.717) is 29.4 Å². The largest absolute Gasteiger partial charge is 0.493 e. The Morgan fingerprint density at radius 3 is 1.88 bits per heavy atom. The van der Waals surface area contributed by atoms with Crippen LogP contribution in [0.2, 0.25) is 0 Å². The predicted molar refractivity (Wildman–Crippen MR) is 91.9 cm³/mol. The summed E-state index contributed by atoms with van der Waals surface area (Å²) in [4.78, 5) is 1.96. The van der Waals surface area contributed by atoms with Crippen molar-refractivity contribution in [2.75, 3.05) is 28.4 Å². The van der Waals surface area contributed by atoms with Crippen LogP contribution in [0.1, 0.15) is 17.2 Å². The molecule has 0 aliphatic carbocycles. The molecule has 0 radical (unpaired) electrons. The molecule has 0 saturated carbocycles. The molecule has 128 valence electrons. The van der Waals surface area contributed by atoms with Gasteiger partial charge in [-0.2, -0.15) is 0 Å². The minimum atomic E-state index is -0.633. The molecule has 1 heterocycles. The van der Waals surface area contributed by atoms with E-state index in [2.05, 4.69) is 0 Å². The third-order valence-electron chi connectivity index (χ3n) is 4.07. The smallest absolute Gasteiger partial charge is 0.161 e. The van der Waals surface area contributed by atoms with E-state index in [9.17, 15) is 5.11 Å². The average molecular weight is 348 g/mol. The molecular weight excluding hydrogens is 328 g/mol. The van der Waals surface area contributed by atoms with Gasteiger partial charge in [0.1, 0.15) is 0 Å². The van der Waals surface area contributed by atoms with Crippen LogP contribution in [0.5, 0.6) is 23.0 Å². The number of methoxy groups -OCH3 is 4. The third-order valence-corrected chi connectivity index (χ3v) is 5.25. The summed E-state index contributed by atoms with van der Waals surface area (Å²) < 4.78 is 21.5. The first-order valence-corrected chi connectivity index (χ1v) is 8.29. The van der Waals surface area contributed by atoms with E-state index < -0.39 is 6.10 Å². The van der Waals surface area contributed by atoms with Gasteiger partial charge >= 0.3 is 0 Å². The number of benzene rings is 2. The van der Waals surface area contributed by atoms with Crippen LogP contribution >= 0.6 is 11.8 Å². The predicted octanol–water partition coefficient (Wildman–Crippen LogP) is 3.46. The lowest BCUT2D eigenvalue weighted by Crippen LogP contribution is -2.03. The second-order valence-electron chi connectivity index (χ2n) is 5.38. The van der Waals surface area contributed by atoms with E-state index in [4.69, 9.17) is 18.9 Å². The molecule has 1 atom stereocenters. The number of hydrogen-bond acceptors (Lipinski definition) is 6. The van der Waals surface area contributed by atoms with Crippen molar-refractivity contribution in [3.8, 4) is 23.0 Å². The Balaban J connectivity index is 2.12. The van der Waals surface area contributed by atoms with Crippen LogP contribution in [-0.4, -0.2) is 33.5 Å². The molecule has 1 aliphatic heterocycles. The fraction of sp³-hybridized carbons (Fsp3) is 0.333. The van der Waals surface area contributed by atoms with Crippen molar-refractivity contribution < 1.29 is 24.1 Å². The zero-order valence-electron chi connectivity index (χ0n) is 14.1. The van der Waals surface area contributed by atoms with Crippen LogP contribution in [0, 0.1) is 0 Å². The van der Waals surface area contributed by atoms with Crippen LogP contribution in [0.25, 0.3) is 0 Å². The number of ether oxygens (including phenoxy) is 4. The van der Waals surface area contributed by atoms with Gasteiger partial charge in [-0.1, -0.05) is 11.8 Å². The summed E-state index contributed by atoms with van der Waals surface area (Å²) in [7, 11) is 6.41. The molecule has 0 saturated heterocycles. The molecule has 1 unspecified atom stereocenters. The maximum absolute atomic E-state index is 10.7. The SMILES string of the molecule is COc1cc2c(cc1OC)Sc1cc(OC)c(OC)cc1C(O)C2. The lowest BCUT2D eigenvalue weighted by molar-refractivity contribution is 0.174. The number of aliphatic hydroxyl groups excluding tert-OH is 1. The van der Waals surface area contributed by atoms with Gasteiger partial charge in [-0.25, -0.2) is 0 Å². The summed E-state index contributed by atoms with van der Waals surface area (Å²) in [6, 6.07) is 7.60. The quantitative estimate of drug-likeness (QED) is 0.913. The van der Waals surface area contributed by atoms with Crippen molar-refractivity contribution in [2.45, 2.75) is 22.3 Å². The highest BCUT2D eigenvalue weighted by atomic mass is 32.2. The number of hydrogen-bond donors (Lipinski definition) is 1. The van der Waals surface area contributed by atoms with Gasteiger partial charge < -0.3 is 24.1 Å². The first kappa shape index (κ1) is 16.8. The zero-order chi connectivity index (χ0) is 17.3. The Kier molecular flexibility index (Phi) is 4.78. The van der Waals surface area contributed by atoms with E-state index in [-0.39, 0.29) is 0 Å². The Morgan fingerprint density at radius 2 is 1.29 bits per heavy atom. The minimum Gasteiger partial charge on any atom is -0.493 e. The van der Waals surface area contributed by atoms with Crippen molar-refractivity contribution in [3.63, 3.8) is 0 Å². The summed E-state index contributed by atoms with van der Waals surface area (Å²) >= 11 is 1.57. The Labute approximate surface area is 145 Å². The first-order valence-electron chi connectivity index (χ1n) is 7.48. The molecule has 0 bridgehead atoms. The van der Waals surface area contributed by atoms with Crippen LogP contribution in [0.4, 0.5) is 0 Å². The van der Waals surface area contributed by atoms with E-state index in [1.54, 1.807) is 40.2 Å². The van der Waals surface area contributed by atoms with Gasteiger partial charge in [0.15, 0.2) is 23.0 Å². The topological polar surface area (TPSA) is 57.2 Å². The molecule has 1 N–H and O–H groups in total. The van der Waals surface area contributed by atoms with Crippen molar-refractivity contribution in [2.24, 2.45) is 0 Å². The molecule has 1 aliphatic rings. The first-order chi connectivity index (χ1) is 11.6. The maximum atomic E-state index is 10.7. The van der Waals surface area contributed by atoms with Crippen LogP contribution in [0.3, 0.4) is 0 Å². The molecule has 24 heavy (non-hydrogen) atoms. The van der Waals surface area contributed by atoms with Crippen molar-refractivity contribution in [1.29, 1.82) is 0 Å². The number of aliphatic hydroxyl groups is 1. The van der Waals surface area contributed by atoms with Gasteiger partial charge in [-0.15, -0.1) is 0 Å². The fourth-order valence-electron chi connectivity index (χ4n) is 2.82. The highest BCUT2D eigenvalue weighted by molar-refractivity contribution is 7.99. The lowest BCUT2D eigenvalue weighted by atomic mass is 10.0. The zero-order valence-corrected chi connectivity index (χ0v) is 14.9. The van der Waals surface area contributed by atoms with Gasteiger partial charge in [0.2, 0.25) is 0 Å². The van der Waals surface area contributed by atoms with Gasteiger partial charge in [0, 0.05) is 16.2 Å². The van der Waals surface area contributed by atoms with Gasteiger partial charge in [-0.05, 0) is 35.4 Å². The molecular formula is C18H20O5S. The minimum absolute atomic E-state index is 0.491. The number of fused-ring (bicyclic) bond motifs is 2. The molecule has 0 spiro atoms. The number of rotatable bonds is 4. The highest BCUT2D eigenvalue weighted by Crippen LogP contribution is 2.47. The van der Waals surface area contributed by atoms with E-state index in [0.717, 1.165) is 20.9 Å². The standard InChI is InChI=1S/C18H20O5S/c1-20-13-6-10-5-12(19)11-7-14(21-2)16(23-4)9-18(11)24-17(10)8-15(13)22-3/h6-9,12,19H,5H2,1-4H3. The van der Waals surface area contributed by atoms with Crippen LogP contribution < -0.4 is 18.9 Å². The Morgan fingerprint density at radius 1 is 0.792 bits per heavy atom. The second kappa shape index (κ2) is 6.83. The van der Waals surface area contributed by atoms with E-state index in [1.165, 1.54) is 0 Å². The van der Waals surface area contributed by atoms with Crippen LogP contribution in [0.15, 0.2) is 34.1 Å². The van der Waals surface area contributed by atoms with Gasteiger partial charge in [0.25, 0.3) is 0 Å². The monoisotopic (exact) mass is 348 g/mol. The maximum Gasteiger partial charge on any atom is 0.161 e. The molecule has 3 rings (SSSR count). The Bertz CT molecular complexity index is 760. The Hall–Kier alpha value is -2.05. The van der Waals surface area contributed by atoms with Crippen molar-refractivity contribution in [3.05, 3.63) is 35.4 Å². The van der Waals surface area contributed by atoms with Crippen molar-refractivity contribution >= 4 is 11.8 Å². The summed E-state index contributed by atoms with van der Waals surface area (Å²) in [6.07, 6.45) is -0.141. The van der Waals surface area contributed by atoms with Crippen molar-refractivity contribution in [1.82, 2.24) is 0 Å². The molecule has 2 aromatic rings. The van der Waals surface area contributed by atoms with Crippen LogP contribution in [-0.2, 0) is 6.42 Å². The average Bonchev–Trinajstić information content (AvgIpc) is 2.74. The summed E-state index contributed by atoms with van der Waals surface area (Å²) in [5, 5.41) is 10.7. The molecule has 0 aromatic heterocycles. The van der Waals surface area contributed by atoms with E-state index in [1.807, 2.05) is 24.3 Å². The second-order valence-corrected chi connectivity index (χ2v) is 6.47. The summed E-state index contributed by atoms with van der Waals surface area (Å²) in [6.45, 7) is 0. The van der Waals surface area contributed by atoms with Gasteiger partial charge in [0.05, 0.1) is 34.5 Å². The normalized spacial score (nSPS) is 15.8. The summed E-state index contributed by atoms with van der Waals surface area (Å²) in [5.41, 5.74) is 1.84.